The molecule has 0 aliphatic carbocycles. The number of fused-ring (bicyclic) bond motifs is 1. The van der Waals surface area contributed by atoms with Gasteiger partial charge in [-0.1, -0.05) is 29.8 Å². The number of allylic oxidation sites excluding steroid dienone is 1. The van der Waals surface area contributed by atoms with Crippen molar-refractivity contribution in [2.75, 3.05) is 31.5 Å². The molecule has 9 heteroatoms. The molecule has 2 atom stereocenters. The largest absolute Gasteiger partial charge is 0.340 e. The molecule has 2 aliphatic heterocycles. The number of rotatable bonds is 3. The maximum Gasteiger partial charge on any atom is 0.156 e. The second-order valence-electron chi connectivity index (χ2n) is 6.80. The minimum absolute atomic E-state index is 0. The molecule has 1 aromatic heterocycles. The lowest BCUT2D eigenvalue weighted by molar-refractivity contribution is 0.188. The zero-order valence-corrected chi connectivity index (χ0v) is 17.8. The summed E-state index contributed by atoms with van der Waals surface area (Å²) in [7, 11) is 0. The smallest absolute Gasteiger partial charge is 0.156 e. The van der Waals surface area contributed by atoms with Crippen molar-refractivity contribution >= 4 is 42.2 Å². The molecule has 3 N–H and O–H groups in total. The molecule has 150 valence electrons. The molecule has 1 saturated heterocycles. The van der Waals surface area contributed by atoms with Gasteiger partial charge >= 0.3 is 0 Å². The van der Waals surface area contributed by atoms with Crippen LogP contribution in [0.4, 0.5) is 5.82 Å². The summed E-state index contributed by atoms with van der Waals surface area (Å²) in [5.41, 5.74) is 3.50. The summed E-state index contributed by atoms with van der Waals surface area (Å²) < 4.78 is 0. The molecule has 1 aromatic carbocycles. The molecule has 0 saturated carbocycles. The molecule has 0 bridgehead atoms. The third kappa shape index (κ3) is 4.14. The normalized spacial score (nSPS) is 21.6. The lowest BCUT2D eigenvalue weighted by atomic mass is 9.83. The fraction of sp³-hybridized carbons (Fsp3) is 0.368. The Balaban J connectivity index is 0.00000140. The van der Waals surface area contributed by atoms with E-state index in [-0.39, 0.29) is 30.7 Å². The van der Waals surface area contributed by atoms with Crippen molar-refractivity contribution in [1.29, 1.82) is 5.26 Å². The van der Waals surface area contributed by atoms with Crippen molar-refractivity contribution in [2.24, 2.45) is 0 Å². The van der Waals surface area contributed by atoms with E-state index in [2.05, 4.69) is 38.7 Å². The van der Waals surface area contributed by atoms with Gasteiger partial charge in [0.05, 0.1) is 17.6 Å². The predicted molar refractivity (Wildman–Crippen MR) is 117 cm³/mol. The Kier molecular flexibility index (Phi) is 7.76. The SMILES string of the molecule is CC1CNCCN1CC1=C(C#N)C(c2ccccc2Cl)c2c[nH]nc2N1.Cl.Cl. The highest BCUT2D eigenvalue weighted by molar-refractivity contribution is 6.31. The van der Waals surface area contributed by atoms with Crippen molar-refractivity contribution < 1.29 is 0 Å². The zero-order chi connectivity index (χ0) is 18.1. The number of hydrogen-bond acceptors (Lipinski definition) is 5. The summed E-state index contributed by atoms with van der Waals surface area (Å²) in [6, 6.07) is 10.6. The number of nitrogens with one attached hydrogen (secondary N) is 3. The van der Waals surface area contributed by atoms with Crippen LogP contribution in [0.15, 0.2) is 41.7 Å². The molecule has 2 aromatic rings. The maximum absolute atomic E-state index is 9.99. The van der Waals surface area contributed by atoms with Crippen LogP contribution in [0.25, 0.3) is 0 Å². The van der Waals surface area contributed by atoms with Gasteiger partial charge in [-0.25, -0.2) is 0 Å². The Hall–Kier alpha value is -1.75. The van der Waals surface area contributed by atoms with Gasteiger partial charge in [-0.3, -0.25) is 10.00 Å². The standard InChI is InChI=1S/C19H21ClN6.2ClH/c1-12-9-22-6-7-26(12)11-17-14(8-21)18(13-4-2-3-5-16(13)20)15-10-23-25-19(15)24-17;;/h2-5,10,12,18,22H,6-7,9,11H2,1H3,(H2,23,24,25);2*1H. The lowest BCUT2D eigenvalue weighted by Gasteiger charge is -2.36. The maximum atomic E-state index is 9.99. The van der Waals surface area contributed by atoms with Crippen LogP contribution in [0, 0.1) is 11.3 Å². The van der Waals surface area contributed by atoms with E-state index in [1.807, 2.05) is 30.5 Å². The average molecular weight is 442 g/mol. The van der Waals surface area contributed by atoms with Gasteiger partial charge in [-0.05, 0) is 18.6 Å². The van der Waals surface area contributed by atoms with Crippen LogP contribution >= 0.6 is 36.4 Å². The third-order valence-corrected chi connectivity index (χ3v) is 5.54. The number of halogens is 3. The zero-order valence-electron chi connectivity index (χ0n) is 15.4. The molecule has 0 spiro atoms. The molecule has 0 amide bonds. The van der Waals surface area contributed by atoms with Crippen LogP contribution < -0.4 is 10.6 Å². The van der Waals surface area contributed by atoms with Crippen LogP contribution in [0.1, 0.15) is 24.0 Å². The Morgan fingerprint density at radius 1 is 1.29 bits per heavy atom. The van der Waals surface area contributed by atoms with Gasteiger partial charge in [0.1, 0.15) is 0 Å². The molecular formula is C19H23Cl3N6. The number of piperazine rings is 1. The summed E-state index contributed by atoms with van der Waals surface area (Å²) in [5.74, 6) is 0.559. The molecular weight excluding hydrogens is 419 g/mol. The minimum Gasteiger partial charge on any atom is -0.340 e. The second kappa shape index (κ2) is 9.64. The number of aromatic nitrogens is 2. The Morgan fingerprint density at radius 3 is 2.79 bits per heavy atom. The number of aromatic amines is 1. The second-order valence-corrected chi connectivity index (χ2v) is 7.20. The Morgan fingerprint density at radius 2 is 2.07 bits per heavy atom. The average Bonchev–Trinajstić information content (AvgIpc) is 3.11. The first-order chi connectivity index (χ1) is 12.7. The van der Waals surface area contributed by atoms with Crippen LogP contribution in [0.5, 0.6) is 0 Å². The van der Waals surface area contributed by atoms with Crippen LogP contribution in [-0.2, 0) is 0 Å². The molecule has 0 radical (unpaired) electrons. The molecule has 3 heterocycles. The lowest BCUT2D eigenvalue weighted by Crippen LogP contribution is -2.50. The van der Waals surface area contributed by atoms with Gasteiger partial charge in [0.15, 0.2) is 5.82 Å². The van der Waals surface area contributed by atoms with E-state index < -0.39 is 0 Å². The molecule has 28 heavy (non-hydrogen) atoms. The fourth-order valence-electron chi connectivity index (χ4n) is 3.77. The highest BCUT2D eigenvalue weighted by Crippen LogP contribution is 2.42. The Labute approximate surface area is 182 Å². The van der Waals surface area contributed by atoms with E-state index in [1.165, 1.54) is 0 Å². The first-order valence-electron chi connectivity index (χ1n) is 8.82. The van der Waals surface area contributed by atoms with E-state index in [1.54, 1.807) is 0 Å². The molecule has 2 unspecified atom stereocenters. The highest BCUT2D eigenvalue weighted by atomic mass is 35.5. The minimum atomic E-state index is -0.211. The molecule has 6 nitrogen and oxygen atoms in total. The summed E-state index contributed by atoms with van der Waals surface area (Å²) in [5, 5.41) is 24.7. The molecule has 4 rings (SSSR count). The highest BCUT2D eigenvalue weighted by Gasteiger charge is 2.33. The van der Waals surface area contributed by atoms with Gasteiger partial charge in [0.2, 0.25) is 0 Å². The topological polar surface area (TPSA) is 79.8 Å². The van der Waals surface area contributed by atoms with Gasteiger partial charge in [-0.2, -0.15) is 10.4 Å². The number of anilines is 1. The van der Waals surface area contributed by atoms with E-state index in [0.29, 0.717) is 23.2 Å². The van der Waals surface area contributed by atoms with Gasteiger partial charge < -0.3 is 10.6 Å². The van der Waals surface area contributed by atoms with E-state index in [4.69, 9.17) is 11.6 Å². The van der Waals surface area contributed by atoms with Crippen LogP contribution in [-0.4, -0.2) is 47.3 Å². The van der Waals surface area contributed by atoms with Crippen LogP contribution in [0.3, 0.4) is 0 Å². The van der Waals surface area contributed by atoms with Crippen molar-refractivity contribution in [3.63, 3.8) is 0 Å². The van der Waals surface area contributed by atoms with E-state index in [9.17, 15) is 5.26 Å². The Bertz CT molecular complexity index is 888. The monoisotopic (exact) mass is 440 g/mol. The van der Waals surface area contributed by atoms with Crippen molar-refractivity contribution in [3.8, 4) is 6.07 Å². The molecule has 1 fully saturated rings. The number of nitrogens with zero attached hydrogens (tertiary/aromatic N) is 3. The van der Waals surface area contributed by atoms with Gasteiger partial charge in [0, 0.05) is 54.7 Å². The summed E-state index contributed by atoms with van der Waals surface area (Å²) in [6.45, 7) is 5.76. The fourth-order valence-corrected chi connectivity index (χ4v) is 4.01. The summed E-state index contributed by atoms with van der Waals surface area (Å²) in [4.78, 5) is 2.39. The van der Waals surface area contributed by atoms with Crippen molar-refractivity contribution in [3.05, 3.63) is 57.9 Å². The third-order valence-electron chi connectivity index (χ3n) is 5.20. The predicted octanol–water partition coefficient (Wildman–Crippen LogP) is 3.54. The number of nitriles is 1. The number of H-pyrrole nitrogens is 1. The van der Waals surface area contributed by atoms with Crippen molar-refractivity contribution in [1.82, 2.24) is 20.4 Å². The number of benzene rings is 1. The number of hydrogen-bond donors (Lipinski definition) is 3. The van der Waals surface area contributed by atoms with Crippen LogP contribution in [0.2, 0.25) is 5.02 Å². The van der Waals surface area contributed by atoms with E-state index >= 15 is 0 Å². The van der Waals surface area contributed by atoms with E-state index in [0.717, 1.165) is 42.3 Å². The van der Waals surface area contributed by atoms with Gasteiger partial charge in [-0.15, -0.1) is 24.8 Å². The van der Waals surface area contributed by atoms with Gasteiger partial charge in [0.25, 0.3) is 0 Å². The first kappa shape index (κ1) is 22.5. The first-order valence-corrected chi connectivity index (χ1v) is 9.20. The van der Waals surface area contributed by atoms with Crippen molar-refractivity contribution in [2.45, 2.75) is 18.9 Å². The molecule has 2 aliphatic rings. The quantitative estimate of drug-likeness (QED) is 0.679. The summed E-state index contributed by atoms with van der Waals surface area (Å²) in [6.07, 6.45) is 1.85. The summed E-state index contributed by atoms with van der Waals surface area (Å²) >= 11 is 6.47.